The molecule has 1 unspecified atom stereocenters. The Labute approximate surface area is 230 Å². The summed E-state index contributed by atoms with van der Waals surface area (Å²) in [5.74, 6) is -0.0954. The van der Waals surface area contributed by atoms with E-state index < -0.39 is 38.2 Å². The van der Waals surface area contributed by atoms with Crippen LogP contribution in [0.15, 0.2) is 55.1 Å². The van der Waals surface area contributed by atoms with Crippen LogP contribution in [0.5, 0.6) is 5.75 Å². The highest BCUT2D eigenvalue weighted by molar-refractivity contribution is 7.52. The number of aromatic nitrogens is 4. The first-order chi connectivity index (χ1) is 19.1. The molecule has 0 amide bonds. The Kier molecular flexibility index (Phi) is 8.02. The number of nitrogens with two attached hydrogens (primary N) is 1. The number of hydrogen-bond donors (Lipinski definition) is 3. The van der Waals surface area contributed by atoms with Crippen LogP contribution in [0.1, 0.15) is 33.4 Å². The predicted octanol–water partition coefficient (Wildman–Crippen LogP) is 3.34. The molecule has 0 bridgehead atoms. The maximum absolute atomic E-state index is 14.1. The molecular formula is C26H31N6O7P. The number of anilines is 1. The summed E-state index contributed by atoms with van der Waals surface area (Å²) in [6.07, 6.45) is 0.197. The second kappa shape index (κ2) is 11.5. The van der Waals surface area contributed by atoms with Crippen molar-refractivity contribution in [3.63, 3.8) is 0 Å². The molecule has 0 spiro atoms. The van der Waals surface area contributed by atoms with Crippen molar-refractivity contribution in [3.05, 3.63) is 55.1 Å². The van der Waals surface area contributed by atoms with Gasteiger partial charge in [-0.15, -0.1) is 0 Å². The first kappa shape index (κ1) is 27.9. The fraction of sp³-hybridized carbons (Fsp3) is 0.385. The lowest BCUT2D eigenvalue weighted by molar-refractivity contribution is -0.149. The number of imidazole rings is 1. The Morgan fingerprint density at radius 2 is 1.98 bits per heavy atom. The third kappa shape index (κ3) is 5.93. The van der Waals surface area contributed by atoms with Gasteiger partial charge in [0.1, 0.15) is 36.0 Å². The molecule has 1 fully saturated rings. The number of rotatable bonds is 10. The summed E-state index contributed by atoms with van der Waals surface area (Å²) < 4.78 is 38.7. The molecule has 14 heteroatoms. The van der Waals surface area contributed by atoms with Crippen molar-refractivity contribution in [3.8, 4) is 5.75 Å². The maximum Gasteiger partial charge on any atom is 0.459 e. The van der Waals surface area contributed by atoms with E-state index in [1.165, 1.54) is 19.6 Å². The largest absolute Gasteiger partial charge is 0.462 e. The van der Waals surface area contributed by atoms with E-state index >= 15 is 0 Å². The Hall–Kier alpha value is -3.61. The molecule has 2 aromatic carbocycles. The molecule has 40 heavy (non-hydrogen) atoms. The highest BCUT2D eigenvalue weighted by Gasteiger charge is 2.40. The fourth-order valence-corrected chi connectivity index (χ4v) is 5.93. The summed E-state index contributed by atoms with van der Waals surface area (Å²) in [6, 6.07) is 11.7. The van der Waals surface area contributed by atoms with Crippen molar-refractivity contribution in [2.45, 2.75) is 57.8 Å². The molecule has 5 atom stereocenters. The maximum atomic E-state index is 14.1. The van der Waals surface area contributed by atoms with Gasteiger partial charge in [-0.2, -0.15) is 5.09 Å². The standard InChI is InChI=1S/C26H31N6O7P/c1-15(2)37-26(34)16(3)31-40(35,39-20-10-6-8-17-7-4-5-9-18(17)20)36-12-21-19(33)11-22(38-21)32-14-30-23-24(27)28-13-29-25(23)32/h4-10,13-16,19,21-22,33H,11-12H2,1-3H3,(H,31,35)(H2,27,28,29)/t16-,19+,21+,22+,40?/m0/s1. The number of aliphatic hydroxyl groups excluding tert-OH is 1. The molecule has 1 saturated heterocycles. The Morgan fingerprint density at radius 1 is 1.20 bits per heavy atom. The van der Waals surface area contributed by atoms with E-state index in [0.717, 1.165) is 5.39 Å². The molecule has 3 heterocycles. The van der Waals surface area contributed by atoms with Crippen LogP contribution in [0.3, 0.4) is 0 Å². The van der Waals surface area contributed by atoms with Gasteiger partial charge in [0, 0.05) is 11.8 Å². The van der Waals surface area contributed by atoms with E-state index in [1.807, 2.05) is 30.3 Å². The lowest BCUT2D eigenvalue weighted by Gasteiger charge is -2.25. The average molecular weight is 571 g/mol. The molecule has 5 rings (SSSR count). The number of benzene rings is 2. The van der Waals surface area contributed by atoms with Gasteiger partial charge in [-0.25, -0.2) is 19.5 Å². The molecule has 2 aromatic heterocycles. The van der Waals surface area contributed by atoms with Gasteiger partial charge in [0.15, 0.2) is 11.5 Å². The van der Waals surface area contributed by atoms with E-state index in [-0.39, 0.29) is 24.9 Å². The number of fused-ring (bicyclic) bond motifs is 2. The van der Waals surface area contributed by atoms with E-state index in [9.17, 15) is 14.5 Å². The summed E-state index contributed by atoms with van der Waals surface area (Å²) in [5, 5.41) is 15.0. The number of nitrogen functional groups attached to an aromatic ring is 1. The lowest BCUT2D eigenvalue weighted by Crippen LogP contribution is -2.37. The lowest BCUT2D eigenvalue weighted by atomic mass is 10.1. The zero-order valence-corrected chi connectivity index (χ0v) is 23.1. The molecular weight excluding hydrogens is 539 g/mol. The first-order valence-electron chi connectivity index (χ1n) is 12.8. The van der Waals surface area contributed by atoms with Crippen molar-refractivity contribution >= 4 is 41.5 Å². The fourth-order valence-electron chi connectivity index (χ4n) is 4.41. The van der Waals surface area contributed by atoms with Crippen LogP contribution < -0.4 is 15.3 Å². The molecule has 4 aromatic rings. The Bertz CT molecular complexity index is 1560. The summed E-state index contributed by atoms with van der Waals surface area (Å²) in [7, 11) is -4.20. The van der Waals surface area contributed by atoms with E-state index in [1.54, 1.807) is 30.5 Å². The van der Waals surface area contributed by atoms with Gasteiger partial charge in [-0.3, -0.25) is 13.9 Å². The minimum Gasteiger partial charge on any atom is -0.462 e. The minimum atomic E-state index is -4.20. The van der Waals surface area contributed by atoms with Gasteiger partial charge >= 0.3 is 13.7 Å². The van der Waals surface area contributed by atoms with Gasteiger partial charge < -0.3 is 24.8 Å². The van der Waals surface area contributed by atoms with Gasteiger partial charge in [0.05, 0.1) is 25.1 Å². The molecule has 1 aliphatic rings. The third-order valence-corrected chi connectivity index (χ3v) is 7.97. The van der Waals surface area contributed by atoms with Crippen molar-refractivity contribution in [1.29, 1.82) is 0 Å². The van der Waals surface area contributed by atoms with Gasteiger partial charge in [0.2, 0.25) is 0 Å². The van der Waals surface area contributed by atoms with Crippen LogP contribution in [0, 0.1) is 0 Å². The van der Waals surface area contributed by atoms with E-state index in [0.29, 0.717) is 22.3 Å². The van der Waals surface area contributed by atoms with Gasteiger partial charge in [0.25, 0.3) is 0 Å². The van der Waals surface area contributed by atoms with E-state index in [2.05, 4.69) is 20.0 Å². The summed E-state index contributed by atoms with van der Waals surface area (Å²) in [5.41, 5.74) is 6.75. The molecule has 13 nitrogen and oxygen atoms in total. The van der Waals surface area contributed by atoms with Crippen LogP contribution in [-0.4, -0.2) is 61.6 Å². The Morgan fingerprint density at radius 3 is 2.77 bits per heavy atom. The van der Waals surface area contributed by atoms with Crippen molar-refractivity contribution in [2.24, 2.45) is 0 Å². The molecule has 0 saturated carbocycles. The quantitative estimate of drug-likeness (QED) is 0.188. The zero-order chi connectivity index (χ0) is 28.4. The number of ether oxygens (including phenoxy) is 2. The number of carbonyl (C=O) groups is 1. The van der Waals surface area contributed by atoms with Crippen LogP contribution in [-0.2, 0) is 23.4 Å². The number of hydrogen-bond acceptors (Lipinski definition) is 11. The van der Waals surface area contributed by atoms with Crippen molar-refractivity contribution < 1.29 is 33.0 Å². The minimum absolute atomic E-state index is 0.197. The van der Waals surface area contributed by atoms with Gasteiger partial charge in [-0.05, 0) is 32.2 Å². The Balaban J connectivity index is 1.35. The molecule has 0 radical (unpaired) electrons. The first-order valence-corrected chi connectivity index (χ1v) is 14.3. The molecule has 4 N–H and O–H groups in total. The number of esters is 1. The third-order valence-electron chi connectivity index (χ3n) is 6.34. The SMILES string of the molecule is CC(C)OC(=O)[C@H](C)NP(=O)(OC[C@H]1O[C@@H](n2cnc3c(N)ncnc32)C[C@H]1O)Oc1cccc2ccccc12. The average Bonchev–Trinajstić information content (AvgIpc) is 3.51. The second-order valence-corrected chi connectivity index (χ2v) is 11.4. The predicted molar refractivity (Wildman–Crippen MR) is 146 cm³/mol. The van der Waals surface area contributed by atoms with Crippen LogP contribution in [0.25, 0.3) is 21.9 Å². The molecule has 0 aliphatic carbocycles. The van der Waals surface area contributed by atoms with Crippen molar-refractivity contribution in [2.75, 3.05) is 12.3 Å². The molecule has 212 valence electrons. The summed E-state index contributed by atoms with van der Waals surface area (Å²) in [6.45, 7) is 4.63. The highest BCUT2D eigenvalue weighted by atomic mass is 31.2. The summed E-state index contributed by atoms with van der Waals surface area (Å²) >= 11 is 0. The zero-order valence-electron chi connectivity index (χ0n) is 22.2. The number of nitrogens with one attached hydrogen (secondary N) is 1. The van der Waals surface area contributed by atoms with Crippen LogP contribution >= 0.6 is 7.75 Å². The van der Waals surface area contributed by atoms with Gasteiger partial charge in [-0.1, -0.05) is 36.4 Å². The normalized spacial score (nSPS) is 21.5. The topological polar surface area (TPSA) is 173 Å². The molecule has 1 aliphatic heterocycles. The smallest absolute Gasteiger partial charge is 0.459 e. The monoisotopic (exact) mass is 570 g/mol. The van der Waals surface area contributed by atoms with Crippen molar-refractivity contribution in [1.82, 2.24) is 24.6 Å². The number of nitrogens with zero attached hydrogens (tertiary/aromatic N) is 4. The second-order valence-electron chi connectivity index (χ2n) is 9.71. The van der Waals surface area contributed by atoms with E-state index in [4.69, 9.17) is 24.3 Å². The van der Waals surface area contributed by atoms with Crippen LogP contribution in [0.4, 0.5) is 5.82 Å². The number of carbonyl (C=O) groups excluding carboxylic acids is 1. The highest BCUT2D eigenvalue weighted by Crippen LogP contribution is 2.47. The van der Waals surface area contributed by atoms with Crippen LogP contribution in [0.2, 0.25) is 0 Å². The number of aliphatic hydroxyl groups is 1. The summed E-state index contributed by atoms with van der Waals surface area (Å²) in [4.78, 5) is 24.9.